The average Bonchev–Trinajstić information content (AvgIpc) is 3.18. The number of amides is 1. The summed E-state index contributed by atoms with van der Waals surface area (Å²) in [6.07, 6.45) is 2.20. The van der Waals surface area contributed by atoms with E-state index in [0.29, 0.717) is 78.4 Å². The number of nitrogens with one attached hydrogen (secondary N) is 1. The summed E-state index contributed by atoms with van der Waals surface area (Å²) in [7, 11) is 1.53. The molecule has 2 saturated heterocycles. The summed E-state index contributed by atoms with van der Waals surface area (Å²) in [6, 6.07) is 8.59. The van der Waals surface area contributed by atoms with Gasteiger partial charge in [0.15, 0.2) is 0 Å². The average molecular weight is 484 g/mol. The van der Waals surface area contributed by atoms with Crippen molar-refractivity contribution < 1.29 is 23.0 Å². The summed E-state index contributed by atoms with van der Waals surface area (Å²) in [5, 5.41) is 3.67. The molecule has 5 rings (SSSR count). The number of aromatic nitrogens is 2. The summed E-state index contributed by atoms with van der Waals surface area (Å²) in [6.45, 7) is 3.40. The Morgan fingerprint density at radius 1 is 1.23 bits per heavy atom. The SMILES string of the molecule is COc1cc2ncnc(Nc3cccc(C)c3F)c2cc1N1CC2(CCN(CCF)CC2)OC1=O. The monoisotopic (exact) mass is 483 g/mol. The zero-order chi connectivity index (χ0) is 24.6. The number of alkyl halides is 1. The topological polar surface area (TPSA) is 79.8 Å². The fraction of sp³-hybridized carbons (Fsp3) is 0.400. The fourth-order valence-electron chi connectivity index (χ4n) is 4.79. The van der Waals surface area contributed by atoms with Crippen molar-refractivity contribution in [3.05, 3.63) is 48.0 Å². The molecular weight excluding hydrogens is 456 g/mol. The van der Waals surface area contributed by atoms with E-state index in [1.165, 1.54) is 13.4 Å². The molecule has 0 bridgehead atoms. The molecule has 184 valence electrons. The third-order valence-corrected chi connectivity index (χ3v) is 6.81. The number of carbonyl (C=O) groups is 1. The number of ether oxygens (including phenoxy) is 2. The highest BCUT2D eigenvalue weighted by Gasteiger charge is 2.48. The molecule has 2 aliphatic rings. The first-order valence-electron chi connectivity index (χ1n) is 11.6. The van der Waals surface area contributed by atoms with Crippen LogP contribution in [-0.4, -0.2) is 66.5 Å². The molecule has 1 amide bonds. The van der Waals surface area contributed by atoms with Crippen molar-refractivity contribution in [3.63, 3.8) is 0 Å². The van der Waals surface area contributed by atoms with Crippen LogP contribution in [-0.2, 0) is 4.74 Å². The Bertz CT molecular complexity index is 1260. The minimum atomic E-state index is -0.622. The summed E-state index contributed by atoms with van der Waals surface area (Å²) >= 11 is 0. The Labute approximate surface area is 201 Å². The van der Waals surface area contributed by atoms with E-state index in [2.05, 4.69) is 15.3 Å². The van der Waals surface area contributed by atoms with Crippen molar-refractivity contribution in [2.75, 3.05) is 50.2 Å². The van der Waals surface area contributed by atoms with Gasteiger partial charge in [-0.2, -0.15) is 0 Å². The number of halogens is 2. The quantitative estimate of drug-likeness (QED) is 0.549. The number of anilines is 3. The number of fused-ring (bicyclic) bond motifs is 1. The summed E-state index contributed by atoms with van der Waals surface area (Å²) in [5.74, 6) is 0.509. The highest BCUT2D eigenvalue weighted by molar-refractivity contribution is 6.00. The van der Waals surface area contributed by atoms with E-state index < -0.39 is 18.4 Å². The number of aryl methyl sites for hydroxylation is 1. The van der Waals surface area contributed by atoms with Crippen molar-refractivity contribution in [3.8, 4) is 5.75 Å². The molecule has 3 heterocycles. The van der Waals surface area contributed by atoms with Crippen LogP contribution in [0.5, 0.6) is 5.75 Å². The van der Waals surface area contributed by atoms with Crippen LogP contribution in [0.4, 0.5) is 30.8 Å². The molecular formula is C25H27F2N5O3. The van der Waals surface area contributed by atoms with Crippen LogP contribution >= 0.6 is 0 Å². The molecule has 0 atom stereocenters. The number of rotatable bonds is 6. The second-order valence-electron chi connectivity index (χ2n) is 8.99. The maximum Gasteiger partial charge on any atom is 0.415 e. The number of hydrogen-bond donors (Lipinski definition) is 1. The molecule has 0 radical (unpaired) electrons. The van der Waals surface area contributed by atoms with Crippen LogP contribution in [0.3, 0.4) is 0 Å². The molecule has 3 aromatic rings. The van der Waals surface area contributed by atoms with Crippen molar-refractivity contribution in [2.24, 2.45) is 0 Å². The van der Waals surface area contributed by atoms with Gasteiger partial charge in [0.05, 0.1) is 30.5 Å². The molecule has 8 nitrogen and oxygen atoms in total. The van der Waals surface area contributed by atoms with Gasteiger partial charge >= 0.3 is 6.09 Å². The maximum atomic E-state index is 14.6. The van der Waals surface area contributed by atoms with Gasteiger partial charge in [-0.25, -0.2) is 23.5 Å². The number of nitrogens with zero attached hydrogens (tertiary/aromatic N) is 4. The summed E-state index contributed by atoms with van der Waals surface area (Å²) in [4.78, 5) is 25.3. The van der Waals surface area contributed by atoms with Crippen LogP contribution in [0.15, 0.2) is 36.7 Å². The van der Waals surface area contributed by atoms with E-state index in [9.17, 15) is 13.6 Å². The van der Waals surface area contributed by atoms with Gasteiger partial charge in [0.2, 0.25) is 0 Å². The van der Waals surface area contributed by atoms with Gasteiger partial charge in [0.25, 0.3) is 0 Å². The molecule has 0 unspecified atom stereocenters. The van der Waals surface area contributed by atoms with Gasteiger partial charge in [0.1, 0.15) is 36.0 Å². The van der Waals surface area contributed by atoms with E-state index in [1.54, 1.807) is 42.2 Å². The third kappa shape index (κ3) is 4.34. The van der Waals surface area contributed by atoms with Gasteiger partial charge < -0.3 is 19.7 Å². The maximum absolute atomic E-state index is 14.6. The lowest BCUT2D eigenvalue weighted by Gasteiger charge is -2.37. The van der Waals surface area contributed by atoms with E-state index in [4.69, 9.17) is 9.47 Å². The van der Waals surface area contributed by atoms with Gasteiger partial charge in [-0.15, -0.1) is 0 Å². The highest BCUT2D eigenvalue weighted by atomic mass is 19.1. The molecule has 1 N–H and O–H groups in total. The van der Waals surface area contributed by atoms with Gasteiger partial charge in [-0.3, -0.25) is 4.90 Å². The number of likely N-dealkylation sites (tertiary alicyclic amines) is 1. The second kappa shape index (κ2) is 9.26. The normalized spacial score (nSPS) is 17.7. The minimum Gasteiger partial charge on any atom is -0.494 e. The lowest BCUT2D eigenvalue weighted by molar-refractivity contribution is -0.0000912. The van der Waals surface area contributed by atoms with Crippen LogP contribution in [0.25, 0.3) is 10.9 Å². The minimum absolute atomic E-state index is 0.293. The first kappa shape index (κ1) is 23.2. The Balaban J connectivity index is 1.49. The van der Waals surface area contributed by atoms with Crippen molar-refractivity contribution >= 4 is 34.2 Å². The van der Waals surface area contributed by atoms with Crippen LogP contribution in [0.1, 0.15) is 18.4 Å². The van der Waals surface area contributed by atoms with E-state index in [-0.39, 0.29) is 5.82 Å². The molecule has 2 aliphatic heterocycles. The number of benzene rings is 2. The third-order valence-electron chi connectivity index (χ3n) is 6.81. The molecule has 1 aromatic heterocycles. The number of hydrogen-bond acceptors (Lipinski definition) is 7. The number of methoxy groups -OCH3 is 1. The highest BCUT2D eigenvalue weighted by Crippen LogP contribution is 2.41. The number of carbonyl (C=O) groups excluding carboxylic acids is 1. The van der Waals surface area contributed by atoms with Crippen LogP contribution in [0.2, 0.25) is 0 Å². The van der Waals surface area contributed by atoms with Crippen molar-refractivity contribution in [2.45, 2.75) is 25.4 Å². The van der Waals surface area contributed by atoms with Crippen molar-refractivity contribution in [1.29, 1.82) is 0 Å². The zero-order valence-corrected chi connectivity index (χ0v) is 19.7. The predicted molar refractivity (Wildman–Crippen MR) is 129 cm³/mol. The van der Waals surface area contributed by atoms with E-state index in [0.717, 1.165) is 0 Å². The molecule has 35 heavy (non-hydrogen) atoms. The molecule has 2 fully saturated rings. The summed E-state index contributed by atoms with van der Waals surface area (Å²) in [5.41, 5.74) is 1.29. The molecule has 0 saturated carbocycles. The fourth-order valence-corrected chi connectivity index (χ4v) is 4.79. The number of piperidine rings is 1. The Morgan fingerprint density at radius 2 is 2.03 bits per heavy atom. The lowest BCUT2D eigenvalue weighted by Crippen LogP contribution is -2.47. The first-order chi connectivity index (χ1) is 16.9. The standard InChI is InChI=1S/C25H27F2N5O3/c1-16-4-3-5-18(22(16)27)30-23-17-12-20(21(34-2)13-19(17)28-15-29-23)32-14-25(35-24(32)33)6-9-31(10-7-25)11-8-26/h3-5,12-13,15H,6-11,14H2,1-2H3,(H,28,29,30). The lowest BCUT2D eigenvalue weighted by atomic mass is 9.91. The van der Waals surface area contributed by atoms with Gasteiger partial charge in [-0.1, -0.05) is 12.1 Å². The Morgan fingerprint density at radius 3 is 2.77 bits per heavy atom. The smallest absolute Gasteiger partial charge is 0.415 e. The van der Waals surface area contributed by atoms with Gasteiger partial charge in [0, 0.05) is 43.9 Å². The van der Waals surface area contributed by atoms with E-state index >= 15 is 0 Å². The largest absolute Gasteiger partial charge is 0.494 e. The van der Waals surface area contributed by atoms with Crippen molar-refractivity contribution in [1.82, 2.24) is 14.9 Å². The Kier molecular flexibility index (Phi) is 6.14. The Hall–Kier alpha value is -3.53. The molecule has 10 heteroatoms. The second-order valence-corrected chi connectivity index (χ2v) is 8.99. The molecule has 1 spiro atoms. The molecule has 2 aromatic carbocycles. The first-order valence-corrected chi connectivity index (χ1v) is 11.6. The van der Waals surface area contributed by atoms with Crippen LogP contribution < -0.4 is 15.0 Å². The van der Waals surface area contributed by atoms with Gasteiger partial charge in [-0.05, 0) is 24.6 Å². The van der Waals surface area contributed by atoms with Crippen LogP contribution in [0, 0.1) is 12.7 Å². The zero-order valence-electron chi connectivity index (χ0n) is 19.7. The van der Waals surface area contributed by atoms with E-state index in [1.807, 2.05) is 4.90 Å². The summed E-state index contributed by atoms with van der Waals surface area (Å²) < 4.78 is 38.8. The predicted octanol–water partition coefficient (Wildman–Crippen LogP) is 4.59. The molecule has 0 aliphatic carbocycles.